The van der Waals surface area contributed by atoms with Crippen LogP contribution in [0.4, 0.5) is 0 Å². The van der Waals surface area contributed by atoms with Gasteiger partial charge in [0.05, 0.1) is 17.1 Å². The van der Waals surface area contributed by atoms with Crippen LogP contribution in [-0.2, 0) is 12.8 Å². The van der Waals surface area contributed by atoms with Crippen molar-refractivity contribution in [2.45, 2.75) is 25.8 Å². The molecule has 108 valence electrons. The van der Waals surface area contributed by atoms with Crippen LogP contribution in [0.25, 0.3) is 11.0 Å². The normalized spacial score (nSPS) is 12.7. The third-order valence-corrected chi connectivity index (χ3v) is 3.72. The SMILES string of the molecule is CCc1ccc2nc(C(N)Cc3ccc(O)cc3)[nH]c2c1. The number of benzene rings is 2. The number of fused-ring (bicyclic) bond motifs is 1. The number of phenolic OH excluding ortho intramolecular Hbond substituents is 1. The highest BCUT2D eigenvalue weighted by Crippen LogP contribution is 2.20. The number of imidazole rings is 1. The summed E-state index contributed by atoms with van der Waals surface area (Å²) in [5, 5.41) is 9.30. The lowest BCUT2D eigenvalue weighted by Gasteiger charge is -2.08. The average Bonchev–Trinajstić information content (AvgIpc) is 2.92. The molecule has 2 aromatic carbocycles. The van der Waals surface area contributed by atoms with E-state index in [1.54, 1.807) is 12.1 Å². The topological polar surface area (TPSA) is 74.9 Å². The van der Waals surface area contributed by atoms with E-state index in [0.29, 0.717) is 6.42 Å². The van der Waals surface area contributed by atoms with Gasteiger partial charge < -0.3 is 15.8 Å². The van der Waals surface area contributed by atoms with Gasteiger partial charge in [-0.15, -0.1) is 0 Å². The molecule has 21 heavy (non-hydrogen) atoms. The van der Waals surface area contributed by atoms with E-state index in [0.717, 1.165) is 28.8 Å². The number of nitrogens with zero attached hydrogens (tertiary/aromatic N) is 1. The zero-order chi connectivity index (χ0) is 14.8. The van der Waals surface area contributed by atoms with Crippen LogP contribution in [0.1, 0.15) is 29.9 Å². The van der Waals surface area contributed by atoms with E-state index in [9.17, 15) is 5.11 Å². The van der Waals surface area contributed by atoms with E-state index in [1.807, 2.05) is 18.2 Å². The van der Waals surface area contributed by atoms with E-state index >= 15 is 0 Å². The number of H-pyrrole nitrogens is 1. The summed E-state index contributed by atoms with van der Waals surface area (Å²) in [5.41, 5.74) is 10.6. The van der Waals surface area contributed by atoms with Crippen LogP contribution < -0.4 is 5.73 Å². The Morgan fingerprint density at radius 3 is 2.57 bits per heavy atom. The standard InChI is InChI=1S/C17H19N3O/c1-2-11-5-8-15-16(10-11)20-17(19-15)14(18)9-12-3-6-13(21)7-4-12/h3-8,10,14,21H,2,9,18H2,1H3,(H,19,20). The Hall–Kier alpha value is -2.33. The Morgan fingerprint density at radius 1 is 1.14 bits per heavy atom. The molecule has 1 unspecified atom stereocenters. The molecule has 4 N–H and O–H groups in total. The van der Waals surface area contributed by atoms with Gasteiger partial charge in [-0.25, -0.2) is 4.98 Å². The Kier molecular flexibility index (Phi) is 3.62. The lowest BCUT2D eigenvalue weighted by molar-refractivity contribution is 0.475. The number of hydrogen-bond donors (Lipinski definition) is 3. The molecule has 0 saturated carbocycles. The van der Waals surface area contributed by atoms with Crippen LogP contribution in [0.5, 0.6) is 5.75 Å². The number of rotatable bonds is 4. The first-order valence-corrected chi connectivity index (χ1v) is 7.17. The first-order chi connectivity index (χ1) is 10.2. The smallest absolute Gasteiger partial charge is 0.124 e. The van der Waals surface area contributed by atoms with Crippen molar-refractivity contribution in [3.05, 3.63) is 59.4 Å². The van der Waals surface area contributed by atoms with E-state index in [-0.39, 0.29) is 11.8 Å². The summed E-state index contributed by atoms with van der Waals surface area (Å²) in [5.74, 6) is 1.06. The van der Waals surface area contributed by atoms with Crippen molar-refractivity contribution < 1.29 is 5.11 Å². The van der Waals surface area contributed by atoms with Crippen molar-refractivity contribution in [1.82, 2.24) is 9.97 Å². The van der Waals surface area contributed by atoms with Crippen molar-refractivity contribution in [3.63, 3.8) is 0 Å². The maximum atomic E-state index is 9.30. The number of aromatic nitrogens is 2. The number of nitrogens with two attached hydrogens (primary N) is 1. The van der Waals surface area contributed by atoms with Crippen molar-refractivity contribution in [3.8, 4) is 5.75 Å². The molecule has 0 aliphatic rings. The summed E-state index contributed by atoms with van der Waals surface area (Å²) in [6.07, 6.45) is 1.69. The summed E-state index contributed by atoms with van der Waals surface area (Å²) in [6, 6.07) is 13.2. The molecule has 1 aromatic heterocycles. The molecule has 0 spiro atoms. The predicted molar refractivity (Wildman–Crippen MR) is 84.2 cm³/mol. The number of hydrogen-bond acceptors (Lipinski definition) is 3. The second-order valence-electron chi connectivity index (χ2n) is 5.30. The summed E-state index contributed by atoms with van der Waals surface area (Å²) in [6.45, 7) is 2.13. The van der Waals surface area contributed by atoms with Crippen molar-refractivity contribution >= 4 is 11.0 Å². The molecular formula is C17H19N3O. The largest absolute Gasteiger partial charge is 0.508 e. The molecule has 0 saturated heterocycles. The van der Waals surface area contributed by atoms with Gasteiger partial charge in [0.25, 0.3) is 0 Å². The molecule has 3 rings (SSSR count). The van der Waals surface area contributed by atoms with Crippen molar-refractivity contribution in [2.24, 2.45) is 5.73 Å². The quantitative estimate of drug-likeness (QED) is 0.688. The summed E-state index contributed by atoms with van der Waals surface area (Å²) < 4.78 is 0. The highest BCUT2D eigenvalue weighted by atomic mass is 16.3. The molecule has 4 nitrogen and oxygen atoms in total. The third-order valence-electron chi connectivity index (χ3n) is 3.72. The highest BCUT2D eigenvalue weighted by Gasteiger charge is 2.12. The van der Waals surface area contributed by atoms with Crippen LogP contribution >= 0.6 is 0 Å². The zero-order valence-electron chi connectivity index (χ0n) is 12.0. The molecule has 0 aliphatic heterocycles. The molecule has 0 radical (unpaired) electrons. The lowest BCUT2D eigenvalue weighted by Crippen LogP contribution is -2.14. The van der Waals surface area contributed by atoms with E-state index in [4.69, 9.17) is 5.73 Å². The first kappa shape index (κ1) is 13.6. The van der Waals surface area contributed by atoms with Crippen LogP contribution in [-0.4, -0.2) is 15.1 Å². The zero-order valence-corrected chi connectivity index (χ0v) is 12.0. The van der Waals surface area contributed by atoms with Gasteiger partial charge in [-0.1, -0.05) is 25.1 Å². The second-order valence-corrected chi connectivity index (χ2v) is 5.30. The number of phenols is 1. The van der Waals surface area contributed by atoms with Crippen LogP contribution in [0.3, 0.4) is 0 Å². The number of aromatic hydroxyl groups is 1. The van der Waals surface area contributed by atoms with Crippen molar-refractivity contribution in [1.29, 1.82) is 0 Å². The molecule has 1 heterocycles. The van der Waals surface area contributed by atoms with Crippen LogP contribution in [0.15, 0.2) is 42.5 Å². The van der Waals surface area contributed by atoms with Gasteiger partial charge in [-0.3, -0.25) is 0 Å². The van der Waals surface area contributed by atoms with Gasteiger partial charge >= 0.3 is 0 Å². The van der Waals surface area contributed by atoms with E-state index in [2.05, 4.69) is 29.0 Å². The molecule has 4 heteroatoms. The maximum absolute atomic E-state index is 9.30. The first-order valence-electron chi connectivity index (χ1n) is 7.17. The molecule has 1 atom stereocenters. The van der Waals surface area contributed by atoms with Gasteiger partial charge in [-0.05, 0) is 48.2 Å². The number of aromatic amines is 1. The Morgan fingerprint density at radius 2 is 1.86 bits per heavy atom. The van der Waals surface area contributed by atoms with Crippen molar-refractivity contribution in [2.75, 3.05) is 0 Å². The fourth-order valence-corrected chi connectivity index (χ4v) is 2.45. The average molecular weight is 281 g/mol. The number of nitrogens with one attached hydrogen (secondary N) is 1. The van der Waals surface area contributed by atoms with Crippen LogP contribution in [0.2, 0.25) is 0 Å². The second kappa shape index (κ2) is 5.58. The Labute approximate surface area is 123 Å². The van der Waals surface area contributed by atoms with Gasteiger partial charge in [0.2, 0.25) is 0 Å². The fraction of sp³-hybridized carbons (Fsp3) is 0.235. The minimum absolute atomic E-state index is 0.188. The molecule has 0 bridgehead atoms. The van der Waals surface area contributed by atoms with E-state index in [1.165, 1.54) is 5.56 Å². The summed E-state index contributed by atoms with van der Waals surface area (Å²) in [7, 11) is 0. The fourth-order valence-electron chi connectivity index (χ4n) is 2.45. The molecular weight excluding hydrogens is 262 g/mol. The predicted octanol–water partition coefficient (Wildman–Crippen LogP) is 3.07. The minimum Gasteiger partial charge on any atom is -0.508 e. The maximum Gasteiger partial charge on any atom is 0.124 e. The van der Waals surface area contributed by atoms with E-state index < -0.39 is 0 Å². The van der Waals surface area contributed by atoms with Gasteiger partial charge in [0, 0.05) is 0 Å². The van der Waals surface area contributed by atoms with Gasteiger partial charge in [0.1, 0.15) is 11.6 Å². The molecule has 0 amide bonds. The highest BCUT2D eigenvalue weighted by molar-refractivity contribution is 5.76. The molecule has 0 fully saturated rings. The van der Waals surface area contributed by atoms with Gasteiger partial charge in [0.15, 0.2) is 0 Å². The van der Waals surface area contributed by atoms with Crippen LogP contribution in [0, 0.1) is 0 Å². The minimum atomic E-state index is -0.188. The number of aryl methyl sites for hydroxylation is 1. The monoisotopic (exact) mass is 281 g/mol. The van der Waals surface area contributed by atoms with Gasteiger partial charge in [-0.2, -0.15) is 0 Å². The lowest BCUT2D eigenvalue weighted by atomic mass is 10.1. The Bertz CT molecular complexity index is 746. The molecule has 3 aromatic rings. The summed E-state index contributed by atoms with van der Waals surface area (Å²) >= 11 is 0. The Balaban J connectivity index is 1.83. The molecule has 0 aliphatic carbocycles. The summed E-state index contributed by atoms with van der Waals surface area (Å²) in [4.78, 5) is 7.89. The third kappa shape index (κ3) is 2.90.